The molecule has 0 spiro atoms. The Balaban J connectivity index is 1.46. The summed E-state index contributed by atoms with van der Waals surface area (Å²) in [5.74, 6) is 0.848. The van der Waals surface area contributed by atoms with Gasteiger partial charge >= 0.3 is 0 Å². The fourth-order valence-corrected chi connectivity index (χ4v) is 3.16. The average Bonchev–Trinajstić information content (AvgIpc) is 3.02. The van der Waals surface area contributed by atoms with E-state index in [1.165, 1.54) is 17.3 Å². The van der Waals surface area contributed by atoms with Gasteiger partial charge in [-0.05, 0) is 47.5 Å². The summed E-state index contributed by atoms with van der Waals surface area (Å²) in [4.78, 5) is 19.8. The van der Waals surface area contributed by atoms with Gasteiger partial charge in [-0.3, -0.25) is 14.8 Å². The average molecular weight is 340 g/mol. The number of thioether (sulfide) groups is 1. The van der Waals surface area contributed by atoms with Crippen LogP contribution in [0, 0.1) is 0 Å². The zero-order valence-corrected chi connectivity index (χ0v) is 14.5. The van der Waals surface area contributed by atoms with Gasteiger partial charge < -0.3 is 4.74 Å². The molecule has 0 fully saturated rings. The van der Waals surface area contributed by atoms with Crippen molar-refractivity contribution in [2.45, 2.75) is 26.2 Å². The molecule has 124 valence electrons. The topological polar surface area (TPSA) is 51.5 Å². The number of carbonyl (C=O) groups excluding carboxylic acids is 1. The summed E-state index contributed by atoms with van der Waals surface area (Å²) in [6.45, 7) is 3.04. The number of benzene rings is 1. The van der Waals surface area contributed by atoms with E-state index in [1.807, 2.05) is 30.5 Å². The first-order valence-electron chi connectivity index (χ1n) is 8.12. The first-order chi connectivity index (χ1) is 11.7. The van der Waals surface area contributed by atoms with Crippen LogP contribution in [0.5, 0.6) is 5.75 Å². The fourth-order valence-electron chi connectivity index (χ4n) is 2.40. The number of hydrogen-bond acceptors (Lipinski definition) is 5. The number of ether oxygens (including phenoxy) is 1. The molecule has 0 bridgehead atoms. The number of nitrogens with zero attached hydrogens (tertiary/aromatic N) is 2. The van der Waals surface area contributed by atoms with Gasteiger partial charge in [-0.2, -0.15) is 0 Å². The summed E-state index contributed by atoms with van der Waals surface area (Å²) in [6.07, 6.45) is 4.44. The Morgan fingerprint density at radius 3 is 2.54 bits per heavy atom. The van der Waals surface area contributed by atoms with Crippen molar-refractivity contribution in [3.63, 3.8) is 0 Å². The minimum Gasteiger partial charge on any atom is -0.493 e. The second-order valence-corrected chi connectivity index (χ2v) is 6.75. The Kier molecular flexibility index (Phi) is 5.64. The Hall–Kier alpha value is -2.14. The number of aromatic nitrogens is 1. The molecule has 1 aliphatic heterocycles. The van der Waals surface area contributed by atoms with Crippen LogP contribution in [0.3, 0.4) is 0 Å². The first-order valence-corrected chi connectivity index (χ1v) is 8.94. The van der Waals surface area contributed by atoms with Gasteiger partial charge in [-0.1, -0.05) is 25.1 Å². The van der Waals surface area contributed by atoms with Crippen LogP contribution in [0.2, 0.25) is 0 Å². The van der Waals surface area contributed by atoms with Crippen molar-refractivity contribution < 1.29 is 9.53 Å². The predicted molar refractivity (Wildman–Crippen MR) is 97.9 cm³/mol. The molecule has 24 heavy (non-hydrogen) atoms. The standard InChI is InChI=1S/C19H20N2O2S/c1-2-14-3-6-16(20-12-14)9-10-23-17-7-4-15(5-8-17)11-18-21-13-19(22)24-18/h3-8,12H,2,9-11,13H2,1H3. The summed E-state index contributed by atoms with van der Waals surface area (Å²) in [5, 5.41) is 1.03. The van der Waals surface area contributed by atoms with Crippen LogP contribution in [-0.2, 0) is 24.1 Å². The largest absolute Gasteiger partial charge is 0.493 e. The number of aryl methyl sites for hydroxylation is 1. The van der Waals surface area contributed by atoms with E-state index in [2.05, 4.69) is 29.0 Å². The minimum absolute atomic E-state index is 0.130. The molecule has 1 aliphatic rings. The smallest absolute Gasteiger partial charge is 0.216 e. The maximum absolute atomic E-state index is 11.2. The second kappa shape index (κ2) is 8.11. The van der Waals surface area contributed by atoms with Gasteiger partial charge in [-0.25, -0.2) is 0 Å². The molecule has 0 unspecified atom stereocenters. The third-order valence-electron chi connectivity index (χ3n) is 3.82. The molecule has 0 aliphatic carbocycles. The van der Waals surface area contributed by atoms with Crippen LogP contribution in [0.4, 0.5) is 0 Å². The van der Waals surface area contributed by atoms with Gasteiger partial charge in [0.1, 0.15) is 12.3 Å². The Labute approximate surface area is 146 Å². The molecule has 0 radical (unpaired) electrons. The second-order valence-electron chi connectivity index (χ2n) is 5.61. The lowest BCUT2D eigenvalue weighted by molar-refractivity contribution is -0.109. The predicted octanol–water partition coefficient (Wildman–Crippen LogP) is 3.48. The van der Waals surface area contributed by atoms with Gasteiger partial charge in [0.25, 0.3) is 0 Å². The van der Waals surface area contributed by atoms with E-state index in [4.69, 9.17) is 4.74 Å². The summed E-state index contributed by atoms with van der Waals surface area (Å²) in [7, 11) is 0. The highest BCUT2D eigenvalue weighted by molar-refractivity contribution is 8.26. The maximum atomic E-state index is 11.2. The molecule has 1 aromatic carbocycles. The lowest BCUT2D eigenvalue weighted by atomic mass is 10.1. The van der Waals surface area contributed by atoms with Crippen LogP contribution >= 0.6 is 11.8 Å². The van der Waals surface area contributed by atoms with Crippen molar-refractivity contribution in [3.8, 4) is 5.75 Å². The van der Waals surface area contributed by atoms with Crippen LogP contribution in [0.25, 0.3) is 0 Å². The van der Waals surface area contributed by atoms with Gasteiger partial charge in [0.05, 0.1) is 11.7 Å². The van der Waals surface area contributed by atoms with E-state index < -0.39 is 0 Å². The van der Waals surface area contributed by atoms with E-state index in [0.717, 1.165) is 34.9 Å². The number of aliphatic imine (C=N–C) groups is 1. The molecule has 0 saturated heterocycles. The lowest BCUT2D eigenvalue weighted by Crippen LogP contribution is -2.03. The van der Waals surface area contributed by atoms with Crippen molar-refractivity contribution in [2.75, 3.05) is 13.2 Å². The van der Waals surface area contributed by atoms with Crippen LogP contribution in [0.15, 0.2) is 47.6 Å². The van der Waals surface area contributed by atoms with E-state index >= 15 is 0 Å². The molecule has 4 nitrogen and oxygen atoms in total. The molecule has 0 saturated carbocycles. The third-order valence-corrected chi connectivity index (χ3v) is 4.68. The molecule has 5 heteroatoms. The monoisotopic (exact) mass is 340 g/mol. The number of rotatable bonds is 7. The zero-order chi connectivity index (χ0) is 16.8. The number of hydrogen-bond donors (Lipinski definition) is 0. The lowest BCUT2D eigenvalue weighted by Gasteiger charge is -2.07. The van der Waals surface area contributed by atoms with Crippen molar-refractivity contribution in [1.82, 2.24) is 4.98 Å². The van der Waals surface area contributed by atoms with Crippen molar-refractivity contribution in [1.29, 1.82) is 0 Å². The van der Waals surface area contributed by atoms with Gasteiger partial charge in [0.15, 0.2) is 0 Å². The Bertz CT molecular complexity index is 724. The van der Waals surface area contributed by atoms with Crippen molar-refractivity contribution in [2.24, 2.45) is 4.99 Å². The third kappa shape index (κ3) is 4.68. The molecule has 0 amide bonds. The van der Waals surface area contributed by atoms with E-state index in [9.17, 15) is 4.79 Å². The summed E-state index contributed by atoms with van der Waals surface area (Å²) < 4.78 is 5.78. The van der Waals surface area contributed by atoms with Crippen LogP contribution < -0.4 is 4.74 Å². The molecular weight excluding hydrogens is 320 g/mol. The summed E-state index contributed by atoms with van der Waals surface area (Å²) >= 11 is 1.25. The Morgan fingerprint density at radius 1 is 1.12 bits per heavy atom. The molecular formula is C19H20N2O2S. The normalized spacial score (nSPS) is 13.9. The summed E-state index contributed by atoms with van der Waals surface area (Å²) in [5.41, 5.74) is 3.44. The van der Waals surface area contributed by atoms with Gasteiger partial charge in [0, 0.05) is 24.7 Å². The van der Waals surface area contributed by atoms with E-state index in [0.29, 0.717) is 19.6 Å². The van der Waals surface area contributed by atoms with Crippen molar-refractivity contribution in [3.05, 3.63) is 59.4 Å². The minimum atomic E-state index is 0.130. The molecule has 2 aromatic rings. The van der Waals surface area contributed by atoms with Gasteiger partial charge in [-0.15, -0.1) is 0 Å². The van der Waals surface area contributed by atoms with Gasteiger partial charge in [0.2, 0.25) is 5.12 Å². The summed E-state index contributed by atoms with van der Waals surface area (Å²) in [6, 6.07) is 12.2. The van der Waals surface area contributed by atoms with Crippen molar-refractivity contribution >= 4 is 21.9 Å². The first kappa shape index (κ1) is 16.7. The highest BCUT2D eigenvalue weighted by Crippen LogP contribution is 2.19. The number of pyridine rings is 1. The molecule has 1 aromatic heterocycles. The molecule has 3 rings (SSSR count). The van der Waals surface area contributed by atoms with Crippen LogP contribution in [0.1, 0.15) is 23.7 Å². The SMILES string of the molecule is CCc1ccc(CCOc2ccc(CC3=NCC(=O)S3)cc2)nc1. The maximum Gasteiger partial charge on any atom is 0.216 e. The Morgan fingerprint density at radius 2 is 1.92 bits per heavy atom. The highest BCUT2D eigenvalue weighted by atomic mass is 32.2. The molecule has 0 N–H and O–H groups in total. The quantitative estimate of drug-likeness (QED) is 0.774. The number of carbonyl (C=O) groups is 1. The molecule has 0 atom stereocenters. The van der Waals surface area contributed by atoms with E-state index in [1.54, 1.807) is 0 Å². The van der Waals surface area contributed by atoms with E-state index in [-0.39, 0.29) is 5.12 Å². The highest BCUT2D eigenvalue weighted by Gasteiger charge is 2.15. The fraction of sp³-hybridized carbons (Fsp3) is 0.316. The molecule has 2 heterocycles. The van der Waals surface area contributed by atoms with Crippen LogP contribution in [-0.4, -0.2) is 28.3 Å². The zero-order valence-electron chi connectivity index (χ0n) is 13.7.